The van der Waals surface area contributed by atoms with Crippen molar-refractivity contribution in [1.29, 1.82) is 0 Å². The molecule has 0 saturated carbocycles. The Hall–Kier alpha value is -4.81. The molecule has 0 bridgehead atoms. The number of ether oxygens (including phenoxy) is 2. The molecule has 2 fully saturated rings. The van der Waals surface area contributed by atoms with Crippen molar-refractivity contribution in [2.45, 2.75) is 89.4 Å². The van der Waals surface area contributed by atoms with Crippen LogP contribution in [-0.2, 0) is 5.41 Å². The number of pyridine rings is 1. The van der Waals surface area contributed by atoms with Gasteiger partial charge in [-0.3, -0.25) is 9.72 Å². The van der Waals surface area contributed by atoms with Crippen LogP contribution >= 0.6 is 11.6 Å². The number of benzene rings is 2. The maximum absolute atomic E-state index is 13.8. The monoisotopic (exact) mass is 737 g/mol. The van der Waals surface area contributed by atoms with Gasteiger partial charge in [0.1, 0.15) is 29.5 Å². The van der Waals surface area contributed by atoms with E-state index < -0.39 is 0 Å². The Bertz CT molecular complexity index is 2080. The van der Waals surface area contributed by atoms with Crippen molar-refractivity contribution in [3.63, 3.8) is 0 Å². The molecular formula is C40H48ClN9O3. The molecule has 3 atom stereocenters. The first-order valence-electron chi connectivity index (χ1n) is 18.9. The second kappa shape index (κ2) is 14.9. The van der Waals surface area contributed by atoms with E-state index in [4.69, 9.17) is 26.2 Å². The molecule has 2 aliphatic heterocycles. The van der Waals surface area contributed by atoms with E-state index in [-0.39, 0.29) is 29.7 Å². The van der Waals surface area contributed by atoms with Crippen LogP contribution < -0.4 is 30.3 Å². The van der Waals surface area contributed by atoms with Gasteiger partial charge in [0.05, 0.1) is 28.6 Å². The Morgan fingerprint density at radius 2 is 1.75 bits per heavy atom. The van der Waals surface area contributed by atoms with Crippen LogP contribution in [0.3, 0.4) is 0 Å². The number of fused-ring (bicyclic) bond motifs is 2. The summed E-state index contributed by atoms with van der Waals surface area (Å²) in [5.74, 6) is 2.77. The fraction of sp³-hybridized carbons (Fsp3) is 0.450. The van der Waals surface area contributed by atoms with Gasteiger partial charge in [0.25, 0.3) is 0 Å². The molecular weight excluding hydrogens is 690 g/mol. The quantitative estimate of drug-likeness (QED) is 0.148. The summed E-state index contributed by atoms with van der Waals surface area (Å²) in [7, 11) is 0. The van der Waals surface area contributed by atoms with Crippen molar-refractivity contribution >= 4 is 35.0 Å². The summed E-state index contributed by atoms with van der Waals surface area (Å²) in [6.07, 6.45) is 8.92. The number of carbonyl (C=O) groups is 1. The molecule has 2 amide bonds. The van der Waals surface area contributed by atoms with Gasteiger partial charge in [-0.05, 0) is 86.9 Å². The highest BCUT2D eigenvalue weighted by molar-refractivity contribution is 6.32. The summed E-state index contributed by atoms with van der Waals surface area (Å²) in [6, 6.07) is 19.2. The van der Waals surface area contributed by atoms with Crippen molar-refractivity contribution in [2.24, 2.45) is 0 Å². The number of aromatic nitrogens is 5. The van der Waals surface area contributed by atoms with E-state index in [9.17, 15) is 4.79 Å². The van der Waals surface area contributed by atoms with Crippen LogP contribution in [-0.4, -0.2) is 62.7 Å². The number of carbonyl (C=O) groups excluding carboxylic acids is 1. The number of halogens is 1. The van der Waals surface area contributed by atoms with Crippen LogP contribution in [0.2, 0.25) is 5.02 Å². The van der Waals surface area contributed by atoms with E-state index in [1.165, 1.54) is 6.42 Å². The van der Waals surface area contributed by atoms with Gasteiger partial charge in [-0.15, -0.1) is 10.2 Å². The van der Waals surface area contributed by atoms with Crippen LogP contribution in [0.1, 0.15) is 94.7 Å². The predicted octanol–water partition coefficient (Wildman–Crippen LogP) is 7.76. The lowest BCUT2D eigenvalue weighted by molar-refractivity contribution is 0.167. The standard InChI is InChI=1S/C40H48ClN9O3/c1-40(2,3)35-23-37(50(47-35)26-13-15-31(41)34(22-26)52-27-10-9-19-42-24-27)44-38(51)43-32-16-17-33(30-12-6-5-11-29(30)32)53-28-14-18-36-45-46-39(49(36)25-28)48-20-7-4-8-21-48/h5-6,11-15,18,22-23,25,27,32-33,42H,4,7-10,16-17,19-21,24H2,1-3H3,(H2,43,44,51). The largest absolute Gasteiger partial charge is 0.487 e. The van der Waals surface area contributed by atoms with Crippen molar-refractivity contribution in [3.05, 3.63) is 88.7 Å². The Morgan fingerprint density at radius 1 is 0.925 bits per heavy atom. The topological polar surface area (TPSA) is 123 Å². The summed E-state index contributed by atoms with van der Waals surface area (Å²) in [6.45, 7) is 10.1. The van der Waals surface area contributed by atoms with E-state index in [0.717, 1.165) is 98.1 Å². The Kier molecular flexibility index (Phi) is 9.91. The number of urea groups is 1. The molecule has 5 aromatic rings. The van der Waals surface area contributed by atoms with Gasteiger partial charge in [0, 0.05) is 37.2 Å². The van der Waals surface area contributed by atoms with Gasteiger partial charge in [-0.25, -0.2) is 9.48 Å². The zero-order valence-electron chi connectivity index (χ0n) is 30.6. The van der Waals surface area contributed by atoms with Crippen LogP contribution in [0.4, 0.5) is 16.6 Å². The molecule has 2 aromatic carbocycles. The average molecular weight is 738 g/mol. The third kappa shape index (κ3) is 7.66. The van der Waals surface area contributed by atoms with E-state index in [1.54, 1.807) is 4.68 Å². The summed E-state index contributed by atoms with van der Waals surface area (Å²) in [5.41, 5.74) is 4.25. The van der Waals surface area contributed by atoms with Crippen molar-refractivity contribution in [3.8, 4) is 17.2 Å². The van der Waals surface area contributed by atoms with E-state index in [0.29, 0.717) is 23.0 Å². The van der Waals surface area contributed by atoms with Crippen LogP contribution in [0.15, 0.2) is 66.9 Å². The lowest BCUT2D eigenvalue weighted by Crippen LogP contribution is -2.37. The van der Waals surface area contributed by atoms with Gasteiger partial charge in [-0.2, -0.15) is 5.10 Å². The molecule has 3 N–H and O–H groups in total. The zero-order valence-corrected chi connectivity index (χ0v) is 31.4. The SMILES string of the molecule is CC(C)(C)c1cc(NC(=O)NC2CCC(Oc3ccc4nnc(N5CCCCC5)n4c3)c3ccccc32)n(-c2ccc(Cl)c(OC3CCCNC3)c2)n1. The summed E-state index contributed by atoms with van der Waals surface area (Å²) in [5, 5.41) is 24.1. The minimum absolute atomic E-state index is 0.0426. The first kappa shape index (κ1) is 35.2. The molecule has 278 valence electrons. The van der Waals surface area contributed by atoms with Gasteiger partial charge < -0.3 is 25.0 Å². The second-order valence-corrected chi connectivity index (χ2v) is 15.8. The highest BCUT2D eigenvalue weighted by Crippen LogP contribution is 2.39. The molecule has 1 aliphatic carbocycles. The number of piperidine rings is 2. The summed E-state index contributed by atoms with van der Waals surface area (Å²) < 4.78 is 16.8. The minimum Gasteiger partial charge on any atom is -0.487 e. The third-order valence-electron chi connectivity index (χ3n) is 10.4. The van der Waals surface area contributed by atoms with Crippen molar-refractivity contribution < 1.29 is 14.3 Å². The fourth-order valence-corrected chi connectivity index (χ4v) is 7.75. The molecule has 12 nitrogen and oxygen atoms in total. The predicted molar refractivity (Wildman–Crippen MR) is 207 cm³/mol. The maximum atomic E-state index is 13.8. The average Bonchev–Trinajstić information content (AvgIpc) is 3.79. The number of nitrogens with one attached hydrogen (secondary N) is 3. The second-order valence-electron chi connectivity index (χ2n) is 15.4. The Morgan fingerprint density at radius 3 is 2.55 bits per heavy atom. The molecule has 5 heterocycles. The third-order valence-corrected chi connectivity index (χ3v) is 10.8. The minimum atomic E-state index is -0.312. The van der Waals surface area contributed by atoms with Crippen LogP contribution in [0.25, 0.3) is 11.3 Å². The number of rotatable bonds is 8. The first-order valence-corrected chi connectivity index (χ1v) is 19.3. The highest BCUT2D eigenvalue weighted by atomic mass is 35.5. The van der Waals surface area contributed by atoms with Gasteiger partial charge in [0.15, 0.2) is 5.65 Å². The normalized spacial score (nSPS) is 20.5. The number of anilines is 2. The van der Waals surface area contributed by atoms with Gasteiger partial charge in [-0.1, -0.05) is 56.6 Å². The Balaban J connectivity index is 0.993. The highest BCUT2D eigenvalue weighted by Gasteiger charge is 2.31. The number of hydrogen-bond donors (Lipinski definition) is 3. The summed E-state index contributed by atoms with van der Waals surface area (Å²) in [4.78, 5) is 16.1. The first-order chi connectivity index (χ1) is 25.7. The molecule has 3 aliphatic rings. The number of nitrogens with zero attached hydrogens (tertiary/aromatic N) is 6. The number of hydrogen-bond acceptors (Lipinski definition) is 8. The Labute approximate surface area is 315 Å². The van der Waals surface area contributed by atoms with Crippen LogP contribution in [0, 0.1) is 0 Å². The maximum Gasteiger partial charge on any atom is 0.320 e. The van der Waals surface area contributed by atoms with Crippen LogP contribution in [0.5, 0.6) is 11.5 Å². The molecule has 0 radical (unpaired) electrons. The van der Waals surface area contributed by atoms with E-state index >= 15 is 0 Å². The molecule has 0 spiro atoms. The van der Waals surface area contributed by atoms with Gasteiger partial charge >= 0.3 is 6.03 Å². The lowest BCUT2D eigenvalue weighted by atomic mass is 9.85. The lowest BCUT2D eigenvalue weighted by Gasteiger charge is -2.32. The van der Waals surface area contributed by atoms with Crippen molar-refractivity contribution in [1.82, 2.24) is 35.0 Å². The smallest absolute Gasteiger partial charge is 0.320 e. The van der Waals surface area contributed by atoms with E-state index in [2.05, 4.69) is 64.0 Å². The summed E-state index contributed by atoms with van der Waals surface area (Å²) >= 11 is 6.59. The molecule has 8 rings (SSSR count). The number of amides is 2. The van der Waals surface area contributed by atoms with E-state index in [1.807, 2.05) is 59.1 Å². The molecule has 3 aromatic heterocycles. The van der Waals surface area contributed by atoms with Crippen molar-refractivity contribution in [2.75, 3.05) is 36.4 Å². The molecule has 3 unspecified atom stereocenters. The zero-order chi connectivity index (χ0) is 36.5. The molecule has 2 saturated heterocycles. The molecule has 53 heavy (non-hydrogen) atoms. The fourth-order valence-electron chi connectivity index (χ4n) is 7.58. The van der Waals surface area contributed by atoms with Gasteiger partial charge in [0.2, 0.25) is 5.95 Å². The molecule has 13 heteroatoms.